The number of amides is 1. The molecular formula is C21H15FN2OS. The summed E-state index contributed by atoms with van der Waals surface area (Å²) in [7, 11) is 0. The normalized spacial score (nSPS) is 10.8. The first-order valence-corrected chi connectivity index (χ1v) is 9.00. The molecule has 0 saturated heterocycles. The van der Waals surface area contributed by atoms with E-state index in [4.69, 9.17) is 0 Å². The van der Waals surface area contributed by atoms with Gasteiger partial charge in [-0.2, -0.15) is 0 Å². The monoisotopic (exact) mass is 362 g/mol. The average molecular weight is 362 g/mol. The van der Waals surface area contributed by atoms with E-state index in [1.165, 1.54) is 23.0 Å². The molecule has 4 rings (SSSR count). The summed E-state index contributed by atoms with van der Waals surface area (Å²) >= 11 is 1.26. The van der Waals surface area contributed by atoms with E-state index in [1.807, 2.05) is 30.3 Å². The Morgan fingerprint density at radius 1 is 0.923 bits per heavy atom. The Hall–Kier alpha value is -3.05. The number of hydrogen-bond donors (Lipinski definition) is 1. The molecule has 0 fully saturated rings. The Morgan fingerprint density at radius 2 is 1.65 bits per heavy atom. The van der Waals surface area contributed by atoms with Crippen molar-refractivity contribution < 1.29 is 9.18 Å². The summed E-state index contributed by atoms with van der Waals surface area (Å²) in [4.78, 5) is 16.6. The lowest BCUT2D eigenvalue weighted by molar-refractivity contribution is 0.102. The predicted octanol–water partition coefficient (Wildman–Crippen LogP) is 5.28. The molecule has 1 N–H and O–H groups in total. The van der Waals surface area contributed by atoms with Crippen LogP contribution in [0.25, 0.3) is 10.2 Å². The topological polar surface area (TPSA) is 42.0 Å². The molecular weight excluding hydrogens is 347 g/mol. The highest BCUT2D eigenvalue weighted by Crippen LogP contribution is 2.27. The Kier molecular flexibility index (Phi) is 4.46. The summed E-state index contributed by atoms with van der Waals surface area (Å²) < 4.78 is 14.4. The number of anilines is 1. The van der Waals surface area contributed by atoms with Crippen molar-refractivity contribution in [1.29, 1.82) is 0 Å². The van der Waals surface area contributed by atoms with E-state index in [-0.39, 0.29) is 17.2 Å². The van der Waals surface area contributed by atoms with E-state index >= 15 is 0 Å². The molecule has 3 aromatic carbocycles. The molecule has 5 heteroatoms. The Balaban J connectivity index is 1.48. The van der Waals surface area contributed by atoms with Gasteiger partial charge in [-0.3, -0.25) is 10.1 Å². The molecule has 1 amide bonds. The van der Waals surface area contributed by atoms with Gasteiger partial charge in [0, 0.05) is 5.56 Å². The van der Waals surface area contributed by atoms with Crippen LogP contribution >= 0.6 is 11.3 Å². The molecule has 0 aliphatic heterocycles. The van der Waals surface area contributed by atoms with E-state index in [0.29, 0.717) is 15.4 Å². The lowest BCUT2D eigenvalue weighted by Crippen LogP contribution is -2.11. The molecule has 4 aromatic rings. The van der Waals surface area contributed by atoms with Gasteiger partial charge in [0.2, 0.25) is 0 Å². The number of halogens is 1. The fourth-order valence-corrected chi connectivity index (χ4v) is 3.62. The van der Waals surface area contributed by atoms with E-state index in [0.717, 1.165) is 12.0 Å². The van der Waals surface area contributed by atoms with Crippen LogP contribution in [0.4, 0.5) is 9.52 Å². The first kappa shape index (κ1) is 16.4. The van der Waals surface area contributed by atoms with Gasteiger partial charge in [0.1, 0.15) is 11.3 Å². The van der Waals surface area contributed by atoms with Crippen LogP contribution in [0, 0.1) is 5.82 Å². The highest BCUT2D eigenvalue weighted by atomic mass is 32.1. The maximum Gasteiger partial charge on any atom is 0.257 e. The minimum atomic E-state index is -0.385. The van der Waals surface area contributed by atoms with Gasteiger partial charge in [0.05, 0.1) is 4.70 Å². The number of nitrogens with one attached hydrogen (secondary N) is 1. The van der Waals surface area contributed by atoms with Crippen molar-refractivity contribution in [1.82, 2.24) is 4.98 Å². The van der Waals surface area contributed by atoms with Crippen molar-refractivity contribution in [2.45, 2.75) is 6.42 Å². The Morgan fingerprint density at radius 3 is 2.38 bits per heavy atom. The summed E-state index contributed by atoms with van der Waals surface area (Å²) in [6.45, 7) is 0. The highest BCUT2D eigenvalue weighted by molar-refractivity contribution is 7.22. The zero-order valence-corrected chi connectivity index (χ0v) is 14.6. The maximum atomic E-state index is 13.7. The van der Waals surface area contributed by atoms with E-state index in [1.54, 1.807) is 24.3 Å². The van der Waals surface area contributed by atoms with Crippen LogP contribution in [0.3, 0.4) is 0 Å². The summed E-state index contributed by atoms with van der Waals surface area (Å²) in [5.74, 6) is -0.639. The van der Waals surface area contributed by atoms with Crippen LogP contribution in [0.1, 0.15) is 21.5 Å². The van der Waals surface area contributed by atoms with Crippen LogP contribution in [-0.4, -0.2) is 10.9 Å². The molecule has 128 valence electrons. The van der Waals surface area contributed by atoms with Gasteiger partial charge < -0.3 is 0 Å². The van der Waals surface area contributed by atoms with Crippen LogP contribution in [0.15, 0.2) is 72.8 Å². The van der Waals surface area contributed by atoms with Gasteiger partial charge in [-0.25, -0.2) is 9.37 Å². The van der Waals surface area contributed by atoms with Crippen molar-refractivity contribution in [2.24, 2.45) is 0 Å². The third kappa shape index (κ3) is 3.48. The Bertz CT molecular complexity index is 1060. The number of rotatable bonds is 4. The number of carbonyl (C=O) groups excluding carboxylic acids is 1. The molecule has 0 aliphatic carbocycles. The standard InChI is InChI=1S/C21H15FN2OS/c22-17-7-4-8-18-19(17)23-21(26-18)24-20(25)16-11-9-15(10-12-16)13-14-5-2-1-3-6-14/h1-12H,13H2,(H,23,24,25). The zero-order chi connectivity index (χ0) is 17.9. The molecule has 0 unspecified atom stereocenters. The number of thiazole rings is 1. The minimum Gasteiger partial charge on any atom is -0.298 e. The third-order valence-electron chi connectivity index (χ3n) is 4.06. The first-order chi connectivity index (χ1) is 12.7. The summed E-state index contributed by atoms with van der Waals surface area (Å²) in [6.07, 6.45) is 0.819. The molecule has 0 atom stereocenters. The quantitative estimate of drug-likeness (QED) is 0.537. The molecule has 3 nitrogen and oxygen atoms in total. The van der Waals surface area contributed by atoms with Gasteiger partial charge in [-0.15, -0.1) is 0 Å². The third-order valence-corrected chi connectivity index (χ3v) is 4.99. The molecule has 0 aliphatic rings. The molecule has 0 radical (unpaired) electrons. The van der Waals surface area contributed by atoms with Crippen molar-refractivity contribution in [2.75, 3.05) is 5.32 Å². The summed E-state index contributed by atoms with van der Waals surface area (Å²) in [6, 6.07) is 22.4. The molecule has 0 spiro atoms. The molecule has 0 saturated carbocycles. The zero-order valence-electron chi connectivity index (χ0n) is 13.8. The summed E-state index contributed by atoms with van der Waals surface area (Å²) in [5.41, 5.74) is 3.18. The van der Waals surface area contributed by atoms with Gasteiger partial charge in [0.25, 0.3) is 5.91 Å². The largest absolute Gasteiger partial charge is 0.298 e. The second kappa shape index (κ2) is 7.06. The average Bonchev–Trinajstić information content (AvgIpc) is 3.07. The van der Waals surface area contributed by atoms with Gasteiger partial charge in [-0.05, 0) is 41.8 Å². The second-order valence-corrected chi connectivity index (χ2v) is 6.95. The van der Waals surface area contributed by atoms with Crippen LogP contribution in [0.2, 0.25) is 0 Å². The van der Waals surface area contributed by atoms with Crippen molar-refractivity contribution in [3.05, 3.63) is 95.3 Å². The van der Waals surface area contributed by atoms with Crippen LogP contribution < -0.4 is 5.32 Å². The lowest BCUT2D eigenvalue weighted by atomic mass is 10.0. The minimum absolute atomic E-state index is 0.254. The van der Waals surface area contributed by atoms with E-state index < -0.39 is 0 Å². The molecule has 0 bridgehead atoms. The van der Waals surface area contributed by atoms with Crippen molar-refractivity contribution in [3.63, 3.8) is 0 Å². The number of aromatic nitrogens is 1. The van der Waals surface area contributed by atoms with Crippen molar-refractivity contribution >= 4 is 32.6 Å². The number of carbonyl (C=O) groups is 1. The van der Waals surface area contributed by atoms with Crippen LogP contribution in [-0.2, 0) is 6.42 Å². The first-order valence-electron chi connectivity index (χ1n) is 8.18. The number of hydrogen-bond acceptors (Lipinski definition) is 3. The Labute approximate surface area is 154 Å². The lowest BCUT2D eigenvalue weighted by Gasteiger charge is -2.05. The van der Waals surface area contributed by atoms with E-state index in [2.05, 4.69) is 22.4 Å². The van der Waals surface area contributed by atoms with Gasteiger partial charge in [0.15, 0.2) is 5.13 Å². The SMILES string of the molecule is O=C(Nc1nc2c(F)cccc2s1)c1ccc(Cc2ccccc2)cc1. The number of para-hydroxylation sites is 1. The van der Waals surface area contributed by atoms with Gasteiger partial charge >= 0.3 is 0 Å². The smallest absolute Gasteiger partial charge is 0.257 e. The summed E-state index contributed by atoms with van der Waals surface area (Å²) in [5, 5.41) is 3.14. The van der Waals surface area contributed by atoms with Crippen LogP contribution in [0.5, 0.6) is 0 Å². The number of benzene rings is 3. The van der Waals surface area contributed by atoms with E-state index in [9.17, 15) is 9.18 Å². The van der Waals surface area contributed by atoms with Crippen molar-refractivity contribution in [3.8, 4) is 0 Å². The molecule has 26 heavy (non-hydrogen) atoms. The number of nitrogens with zero attached hydrogens (tertiary/aromatic N) is 1. The number of fused-ring (bicyclic) bond motifs is 1. The molecule has 1 aromatic heterocycles. The fraction of sp³-hybridized carbons (Fsp3) is 0.0476. The maximum absolute atomic E-state index is 13.7. The van der Waals surface area contributed by atoms with Gasteiger partial charge in [-0.1, -0.05) is 59.9 Å². The highest BCUT2D eigenvalue weighted by Gasteiger charge is 2.12. The molecule has 1 heterocycles. The predicted molar refractivity (Wildman–Crippen MR) is 103 cm³/mol. The second-order valence-electron chi connectivity index (χ2n) is 5.92. The fourth-order valence-electron chi connectivity index (χ4n) is 2.74.